The topological polar surface area (TPSA) is 107 Å². The standard InChI is InChI=1S/C23H36N2O6S/c1-17(2)21(22(26)31-23(3,4)5)24(16-15-18-9-7-6-8-10-18)32(29,30)20-13-11-19(12-14-20)25(27)28/h11-14,17-18,21H,6-10,15-16H2,1-5H3/t21-/m0/s1. The Balaban J connectivity index is 2.42. The lowest BCUT2D eigenvalue weighted by atomic mass is 9.87. The molecule has 0 radical (unpaired) electrons. The summed E-state index contributed by atoms with van der Waals surface area (Å²) < 4.78 is 34.1. The zero-order valence-electron chi connectivity index (χ0n) is 19.7. The highest BCUT2D eigenvalue weighted by Gasteiger charge is 2.40. The smallest absolute Gasteiger partial charge is 0.325 e. The molecule has 0 amide bonds. The molecule has 0 heterocycles. The molecule has 1 aromatic rings. The van der Waals surface area contributed by atoms with Crippen LogP contribution < -0.4 is 0 Å². The maximum absolute atomic E-state index is 13.7. The van der Waals surface area contributed by atoms with Crippen LogP contribution in [0.3, 0.4) is 0 Å². The van der Waals surface area contributed by atoms with Crippen molar-refractivity contribution in [2.75, 3.05) is 6.54 Å². The molecule has 1 atom stereocenters. The molecule has 1 aromatic carbocycles. The summed E-state index contributed by atoms with van der Waals surface area (Å²) in [5.41, 5.74) is -0.943. The summed E-state index contributed by atoms with van der Waals surface area (Å²) in [6, 6.07) is 3.81. The van der Waals surface area contributed by atoms with E-state index in [2.05, 4.69) is 0 Å². The van der Waals surface area contributed by atoms with Crippen molar-refractivity contribution in [3.8, 4) is 0 Å². The third-order valence-electron chi connectivity index (χ3n) is 5.73. The van der Waals surface area contributed by atoms with Crippen molar-refractivity contribution in [2.45, 2.75) is 89.7 Å². The van der Waals surface area contributed by atoms with Crippen LogP contribution >= 0.6 is 0 Å². The van der Waals surface area contributed by atoms with Crippen LogP contribution in [0.5, 0.6) is 0 Å². The summed E-state index contributed by atoms with van der Waals surface area (Å²) in [5.74, 6) is -0.476. The van der Waals surface area contributed by atoms with Crippen molar-refractivity contribution in [2.24, 2.45) is 11.8 Å². The SMILES string of the molecule is CC(C)[C@@H](C(=O)OC(C)(C)C)N(CCC1CCCCC1)S(=O)(=O)c1ccc([N+](=O)[O-])cc1. The van der Waals surface area contributed by atoms with E-state index in [0.717, 1.165) is 25.7 Å². The zero-order chi connectivity index (χ0) is 24.1. The molecule has 1 fully saturated rings. The third kappa shape index (κ3) is 7.00. The van der Waals surface area contributed by atoms with Gasteiger partial charge in [-0.25, -0.2) is 8.42 Å². The molecule has 0 aromatic heterocycles. The normalized spacial score (nSPS) is 16.8. The number of carbonyl (C=O) groups excluding carboxylic acids is 1. The molecule has 1 aliphatic rings. The summed E-state index contributed by atoms with van der Waals surface area (Å²) >= 11 is 0. The lowest BCUT2D eigenvalue weighted by Crippen LogP contribution is -2.50. The molecule has 2 rings (SSSR count). The van der Waals surface area contributed by atoms with Crippen molar-refractivity contribution in [3.05, 3.63) is 34.4 Å². The molecule has 1 aliphatic carbocycles. The second-order valence-electron chi connectivity index (χ2n) is 9.88. The van der Waals surface area contributed by atoms with Gasteiger partial charge in [-0.05, 0) is 51.2 Å². The Kier molecular flexibility index (Phi) is 8.82. The van der Waals surface area contributed by atoms with Crippen LogP contribution in [0.15, 0.2) is 29.2 Å². The molecule has 0 bridgehead atoms. The number of hydrogen-bond donors (Lipinski definition) is 0. The lowest BCUT2D eigenvalue weighted by molar-refractivity contribution is -0.384. The summed E-state index contributed by atoms with van der Waals surface area (Å²) in [6.07, 6.45) is 6.26. The summed E-state index contributed by atoms with van der Waals surface area (Å²) in [5, 5.41) is 11.0. The fraction of sp³-hybridized carbons (Fsp3) is 0.696. The largest absolute Gasteiger partial charge is 0.459 e. The number of non-ortho nitro benzene ring substituents is 1. The number of esters is 1. The van der Waals surface area contributed by atoms with Gasteiger partial charge in [-0.1, -0.05) is 46.0 Å². The fourth-order valence-electron chi connectivity index (χ4n) is 4.15. The maximum atomic E-state index is 13.7. The number of hydrogen-bond acceptors (Lipinski definition) is 6. The first-order valence-corrected chi connectivity index (χ1v) is 12.8. The number of carbonyl (C=O) groups is 1. The molecule has 8 nitrogen and oxygen atoms in total. The van der Waals surface area contributed by atoms with Gasteiger partial charge in [0, 0.05) is 18.7 Å². The molecule has 180 valence electrons. The quantitative estimate of drug-likeness (QED) is 0.289. The van der Waals surface area contributed by atoms with Crippen molar-refractivity contribution >= 4 is 21.7 Å². The molecule has 32 heavy (non-hydrogen) atoms. The van der Waals surface area contributed by atoms with E-state index < -0.39 is 32.6 Å². The van der Waals surface area contributed by atoms with E-state index in [9.17, 15) is 23.3 Å². The molecule has 0 saturated heterocycles. The van der Waals surface area contributed by atoms with Crippen LogP contribution in [0.4, 0.5) is 5.69 Å². The number of nitrogens with zero attached hydrogens (tertiary/aromatic N) is 2. The Morgan fingerprint density at radius 3 is 2.19 bits per heavy atom. The Morgan fingerprint density at radius 2 is 1.72 bits per heavy atom. The number of nitro benzene ring substituents is 1. The van der Waals surface area contributed by atoms with Crippen LogP contribution in [0.1, 0.15) is 73.1 Å². The molecule has 0 aliphatic heterocycles. The highest BCUT2D eigenvalue weighted by molar-refractivity contribution is 7.89. The van der Waals surface area contributed by atoms with Crippen LogP contribution in [-0.4, -0.2) is 41.8 Å². The zero-order valence-corrected chi connectivity index (χ0v) is 20.6. The van der Waals surface area contributed by atoms with Gasteiger partial charge in [0.25, 0.3) is 5.69 Å². The van der Waals surface area contributed by atoms with E-state index in [1.165, 1.54) is 35.0 Å². The minimum Gasteiger partial charge on any atom is -0.459 e. The van der Waals surface area contributed by atoms with E-state index in [-0.39, 0.29) is 23.0 Å². The van der Waals surface area contributed by atoms with Gasteiger partial charge in [0.05, 0.1) is 9.82 Å². The van der Waals surface area contributed by atoms with Gasteiger partial charge in [-0.2, -0.15) is 4.31 Å². The molecule has 0 unspecified atom stereocenters. The van der Waals surface area contributed by atoms with E-state index in [0.29, 0.717) is 12.3 Å². The predicted molar refractivity (Wildman–Crippen MR) is 123 cm³/mol. The Labute approximate surface area is 191 Å². The third-order valence-corrected chi connectivity index (χ3v) is 7.62. The van der Waals surface area contributed by atoms with E-state index in [1.807, 2.05) is 0 Å². The van der Waals surface area contributed by atoms with E-state index in [1.54, 1.807) is 34.6 Å². The molecular formula is C23H36N2O6S. The van der Waals surface area contributed by atoms with Gasteiger partial charge in [0.15, 0.2) is 0 Å². The highest BCUT2D eigenvalue weighted by atomic mass is 32.2. The van der Waals surface area contributed by atoms with Crippen LogP contribution in [0.25, 0.3) is 0 Å². The molecule has 0 spiro atoms. The molecule has 1 saturated carbocycles. The Bertz CT molecular complexity index is 884. The maximum Gasteiger partial charge on any atom is 0.325 e. The fourth-order valence-corrected chi connectivity index (χ4v) is 5.88. The van der Waals surface area contributed by atoms with Crippen molar-refractivity contribution in [1.29, 1.82) is 0 Å². The summed E-state index contributed by atoms with van der Waals surface area (Å²) in [7, 11) is -4.08. The number of benzene rings is 1. The van der Waals surface area contributed by atoms with Crippen molar-refractivity contribution in [1.82, 2.24) is 4.31 Å². The first kappa shape index (κ1) is 26.3. The van der Waals surface area contributed by atoms with Crippen LogP contribution in [0.2, 0.25) is 0 Å². The minimum atomic E-state index is -4.08. The Morgan fingerprint density at radius 1 is 1.16 bits per heavy atom. The summed E-state index contributed by atoms with van der Waals surface area (Å²) in [4.78, 5) is 23.4. The lowest BCUT2D eigenvalue weighted by Gasteiger charge is -2.35. The first-order chi connectivity index (χ1) is 14.8. The number of ether oxygens (including phenoxy) is 1. The van der Waals surface area contributed by atoms with Gasteiger partial charge in [-0.3, -0.25) is 14.9 Å². The van der Waals surface area contributed by atoms with E-state index in [4.69, 9.17) is 4.74 Å². The molecule has 0 N–H and O–H groups in total. The second-order valence-corrected chi connectivity index (χ2v) is 11.8. The molecule has 9 heteroatoms. The van der Waals surface area contributed by atoms with Gasteiger partial charge >= 0.3 is 5.97 Å². The van der Waals surface area contributed by atoms with Crippen LogP contribution in [0, 0.1) is 22.0 Å². The van der Waals surface area contributed by atoms with Crippen molar-refractivity contribution in [3.63, 3.8) is 0 Å². The first-order valence-electron chi connectivity index (χ1n) is 11.3. The number of sulfonamides is 1. The number of rotatable bonds is 9. The minimum absolute atomic E-state index is 0.0686. The number of nitro groups is 1. The van der Waals surface area contributed by atoms with E-state index >= 15 is 0 Å². The van der Waals surface area contributed by atoms with Gasteiger partial charge in [0.1, 0.15) is 11.6 Å². The molecular weight excluding hydrogens is 432 g/mol. The van der Waals surface area contributed by atoms with Crippen molar-refractivity contribution < 1.29 is 22.9 Å². The van der Waals surface area contributed by atoms with Gasteiger partial charge in [0.2, 0.25) is 10.0 Å². The highest BCUT2D eigenvalue weighted by Crippen LogP contribution is 2.30. The summed E-state index contributed by atoms with van der Waals surface area (Å²) in [6.45, 7) is 9.05. The average molecular weight is 469 g/mol. The van der Waals surface area contributed by atoms with Crippen LogP contribution in [-0.2, 0) is 19.6 Å². The van der Waals surface area contributed by atoms with Gasteiger partial charge < -0.3 is 4.74 Å². The Hall–Kier alpha value is -2.00. The average Bonchev–Trinajstić information content (AvgIpc) is 2.70. The predicted octanol–water partition coefficient (Wildman–Crippen LogP) is 4.92. The second kappa shape index (κ2) is 10.7. The van der Waals surface area contributed by atoms with Gasteiger partial charge in [-0.15, -0.1) is 0 Å². The monoisotopic (exact) mass is 468 g/mol.